The molecule has 0 saturated heterocycles. The molecular formula is C14H16O4. The lowest BCUT2D eigenvalue weighted by Crippen LogP contribution is -2.41. The summed E-state index contributed by atoms with van der Waals surface area (Å²) < 4.78 is 5.04. The van der Waals surface area contributed by atoms with E-state index >= 15 is 0 Å². The highest BCUT2D eigenvalue weighted by atomic mass is 16.3. The monoisotopic (exact) mass is 248 g/mol. The van der Waals surface area contributed by atoms with Gasteiger partial charge in [0.05, 0.1) is 11.8 Å². The van der Waals surface area contributed by atoms with E-state index < -0.39 is 11.7 Å². The third-order valence-electron chi connectivity index (χ3n) is 3.34. The number of rotatable bonds is 2. The molecule has 0 N–H and O–H groups in total. The molecule has 1 fully saturated rings. The number of Topliss-reactive ketones (excluding diaryl/α,β-unsaturated/α-hetero) is 3. The Hall–Kier alpha value is -1.71. The Morgan fingerprint density at radius 2 is 1.83 bits per heavy atom. The van der Waals surface area contributed by atoms with Crippen LogP contribution in [-0.4, -0.2) is 17.3 Å². The van der Waals surface area contributed by atoms with E-state index in [1.165, 1.54) is 12.3 Å². The predicted molar refractivity (Wildman–Crippen MR) is 64.3 cm³/mol. The largest absolute Gasteiger partial charge is 0.469 e. The van der Waals surface area contributed by atoms with Crippen molar-refractivity contribution in [3.05, 3.63) is 23.7 Å². The highest BCUT2D eigenvalue weighted by Gasteiger charge is 2.44. The Morgan fingerprint density at radius 3 is 2.28 bits per heavy atom. The molecule has 0 spiro atoms. The van der Waals surface area contributed by atoms with Crippen molar-refractivity contribution in [2.45, 2.75) is 33.6 Å². The second-order valence-corrected chi connectivity index (χ2v) is 5.64. The van der Waals surface area contributed by atoms with Crippen molar-refractivity contribution < 1.29 is 18.8 Å². The summed E-state index contributed by atoms with van der Waals surface area (Å²) in [4.78, 5) is 36.2. The third-order valence-corrected chi connectivity index (χ3v) is 3.34. The summed E-state index contributed by atoms with van der Waals surface area (Å²) in [5, 5.41) is 0. The molecule has 1 heterocycles. The first-order valence-corrected chi connectivity index (χ1v) is 5.95. The normalized spacial score (nSPS) is 20.2. The summed E-state index contributed by atoms with van der Waals surface area (Å²) in [6.45, 7) is 5.38. The molecule has 96 valence electrons. The van der Waals surface area contributed by atoms with E-state index in [4.69, 9.17) is 4.42 Å². The molecule has 0 bridgehead atoms. The lowest BCUT2D eigenvalue weighted by molar-refractivity contribution is -0.137. The maximum atomic E-state index is 12.2. The minimum absolute atomic E-state index is 0.270. The van der Waals surface area contributed by atoms with Gasteiger partial charge >= 0.3 is 0 Å². The van der Waals surface area contributed by atoms with Crippen LogP contribution in [0.4, 0.5) is 0 Å². The van der Waals surface area contributed by atoms with E-state index in [0.29, 0.717) is 11.3 Å². The lowest BCUT2D eigenvalue weighted by Gasteiger charge is -2.31. The van der Waals surface area contributed by atoms with Crippen molar-refractivity contribution in [1.29, 1.82) is 0 Å². The summed E-state index contributed by atoms with van der Waals surface area (Å²) in [6.07, 6.45) is 1.93. The summed E-state index contributed by atoms with van der Waals surface area (Å²) in [5.41, 5.74) is -0.00228. The van der Waals surface area contributed by atoms with Crippen LogP contribution in [0.3, 0.4) is 0 Å². The van der Waals surface area contributed by atoms with Crippen LogP contribution < -0.4 is 0 Å². The van der Waals surface area contributed by atoms with E-state index in [9.17, 15) is 14.4 Å². The first kappa shape index (κ1) is 12.7. The fourth-order valence-electron chi connectivity index (χ4n) is 2.48. The molecule has 4 nitrogen and oxygen atoms in total. The van der Waals surface area contributed by atoms with Gasteiger partial charge in [-0.05, 0) is 18.4 Å². The van der Waals surface area contributed by atoms with E-state index in [1.807, 2.05) is 13.8 Å². The summed E-state index contributed by atoms with van der Waals surface area (Å²) in [6, 6.07) is 1.51. The minimum Gasteiger partial charge on any atom is -0.469 e. The molecule has 4 heteroatoms. The zero-order chi connectivity index (χ0) is 13.5. The van der Waals surface area contributed by atoms with Gasteiger partial charge in [-0.1, -0.05) is 13.8 Å². The number of furan rings is 1. The molecule has 1 saturated carbocycles. The van der Waals surface area contributed by atoms with Gasteiger partial charge in [0, 0.05) is 12.8 Å². The number of aryl methyl sites for hydroxylation is 1. The first-order valence-electron chi connectivity index (χ1n) is 5.95. The molecule has 0 atom stereocenters. The Morgan fingerprint density at radius 1 is 1.28 bits per heavy atom. The maximum absolute atomic E-state index is 12.2. The van der Waals surface area contributed by atoms with Crippen LogP contribution >= 0.6 is 0 Å². The number of carbonyl (C=O) groups excluding carboxylic acids is 3. The molecule has 0 unspecified atom stereocenters. The van der Waals surface area contributed by atoms with Crippen LogP contribution in [0.1, 0.15) is 42.8 Å². The fraction of sp³-hybridized carbons (Fsp3) is 0.500. The molecular weight excluding hydrogens is 232 g/mol. The van der Waals surface area contributed by atoms with Gasteiger partial charge in [0.2, 0.25) is 0 Å². The molecule has 1 aliphatic rings. The molecule has 2 rings (SSSR count). The van der Waals surface area contributed by atoms with Crippen molar-refractivity contribution in [2.75, 3.05) is 0 Å². The van der Waals surface area contributed by atoms with Gasteiger partial charge in [0.1, 0.15) is 11.7 Å². The minimum atomic E-state index is -1.13. The highest BCUT2D eigenvalue weighted by molar-refractivity contribution is 6.25. The van der Waals surface area contributed by atoms with Crippen molar-refractivity contribution in [3.63, 3.8) is 0 Å². The molecule has 0 aliphatic heterocycles. The quantitative estimate of drug-likeness (QED) is 0.595. The average Bonchev–Trinajstić information content (AvgIpc) is 2.60. The standard InChI is InChI=1S/C14H16O4/c1-8-9(4-5-18-8)13(17)12-10(15)6-14(2,3)7-11(12)16/h4-5,12H,6-7H2,1-3H3. The van der Waals surface area contributed by atoms with Crippen LogP contribution in [0.2, 0.25) is 0 Å². The van der Waals surface area contributed by atoms with Crippen molar-refractivity contribution in [3.8, 4) is 0 Å². The second kappa shape index (κ2) is 4.19. The van der Waals surface area contributed by atoms with Gasteiger partial charge in [0.25, 0.3) is 0 Å². The molecule has 0 amide bonds. The van der Waals surface area contributed by atoms with Crippen molar-refractivity contribution >= 4 is 17.3 Å². The van der Waals surface area contributed by atoms with Gasteiger partial charge < -0.3 is 4.42 Å². The predicted octanol–water partition coefficient (Wildman–Crippen LogP) is 2.35. The van der Waals surface area contributed by atoms with Gasteiger partial charge in [-0.25, -0.2) is 0 Å². The summed E-state index contributed by atoms with van der Waals surface area (Å²) in [5.74, 6) is -1.66. The molecule has 1 aromatic rings. The fourth-order valence-corrected chi connectivity index (χ4v) is 2.48. The summed E-state index contributed by atoms with van der Waals surface area (Å²) in [7, 11) is 0. The second-order valence-electron chi connectivity index (χ2n) is 5.64. The Bertz CT molecular complexity index is 502. The molecule has 0 aromatic carbocycles. The number of hydrogen-bond donors (Lipinski definition) is 0. The third kappa shape index (κ3) is 2.15. The maximum Gasteiger partial charge on any atom is 0.184 e. The Labute approximate surface area is 105 Å². The van der Waals surface area contributed by atoms with Crippen LogP contribution in [0, 0.1) is 18.3 Å². The van der Waals surface area contributed by atoms with Gasteiger partial charge in [-0.2, -0.15) is 0 Å². The van der Waals surface area contributed by atoms with E-state index in [2.05, 4.69) is 0 Å². The average molecular weight is 248 g/mol. The van der Waals surface area contributed by atoms with Crippen LogP contribution in [0.15, 0.2) is 16.7 Å². The van der Waals surface area contributed by atoms with E-state index in [0.717, 1.165) is 0 Å². The molecule has 18 heavy (non-hydrogen) atoms. The Balaban J connectivity index is 2.29. The lowest BCUT2D eigenvalue weighted by atomic mass is 9.70. The first-order chi connectivity index (χ1) is 8.32. The number of carbonyl (C=O) groups is 3. The topological polar surface area (TPSA) is 64.3 Å². The SMILES string of the molecule is Cc1occc1C(=O)C1C(=O)CC(C)(C)CC1=O. The van der Waals surface area contributed by atoms with Crippen molar-refractivity contribution in [2.24, 2.45) is 11.3 Å². The zero-order valence-corrected chi connectivity index (χ0v) is 10.8. The van der Waals surface area contributed by atoms with E-state index in [1.54, 1.807) is 6.92 Å². The molecule has 1 aliphatic carbocycles. The number of hydrogen-bond acceptors (Lipinski definition) is 4. The van der Waals surface area contributed by atoms with Crippen LogP contribution in [0.25, 0.3) is 0 Å². The van der Waals surface area contributed by atoms with E-state index in [-0.39, 0.29) is 29.8 Å². The smallest absolute Gasteiger partial charge is 0.184 e. The van der Waals surface area contributed by atoms with Crippen LogP contribution in [-0.2, 0) is 9.59 Å². The zero-order valence-electron chi connectivity index (χ0n) is 10.8. The van der Waals surface area contributed by atoms with Crippen LogP contribution in [0.5, 0.6) is 0 Å². The van der Waals surface area contributed by atoms with Crippen molar-refractivity contribution in [1.82, 2.24) is 0 Å². The Kier molecular flexibility index (Phi) is 2.97. The molecule has 0 radical (unpaired) electrons. The molecule has 1 aromatic heterocycles. The van der Waals surface area contributed by atoms with Gasteiger partial charge in [-0.15, -0.1) is 0 Å². The summed E-state index contributed by atoms with van der Waals surface area (Å²) >= 11 is 0. The highest BCUT2D eigenvalue weighted by Crippen LogP contribution is 2.35. The van der Waals surface area contributed by atoms with Gasteiger partial charge in [0.15, 0.2) is 17.3 Å². The van der Waals surface area contributed by atoms with Gasteiger partial charge in [-0.3, -0.25) is 14.4 Å². The number of ketones is 3.